The maximum atomic E-state index is 13.8. The summed E-state index contributed by atoms with van der Waals surface area (Å²) in [7, 11) is 0. The number of aromatic carboxylic acids is 1. The van der Waals surface area contributed by atoms with E-state index in [4.69, 9.17) is 4.74 Å². The Kier molecular flexibility index (Phi) is 4.77. The number of nitrogens with zero attached hydrogens (tertiary/aromatic N) is 1. The molecule has 2 aromatic rings. The van der Waals surface area contributed by atoms with Crippen molar-refractivity contribution in [2.24, 2.45) is 0 Å². The third-order valence-electron chi connectivity index (χ3n) is 2.75. The van der Waals surface area contributed by atoms with Crippen molar-refractivity contribution in [1.82, 2.24) is 0 Å². The normalized spacial score (nSPS) is 11.0. The van der Waals surface area contributed by atoms with E-state index < -0.39 is 45.8 Å². The van der Waals surface area contributed by atoms with E-state index in [0.717, 1.165) is 24.3 Å². The van der Waals surface area contributed by atoms with Crippen LogP contribution in [0.4, 0.5) is 23.2 Å². The molecule has 0 bridgehead atoms. The smallest absolute Gasteiger partial charge is 0.545 e. The van der Waals surface area contributed by atoms with Crippen molar-refractivity contribution in [2.75, 3.05) is 0 Å². The molecule has 25 heavy (non-hydrogen) atoms. The molecule has 0 radical (unpaired) electrons. The largest absolute Gasteiger partial charge is 0.573 e. The molecule has 7 nitrogen and oxygen atoms in total. The Bertz CT molecular complexity index is 819. The van der Waals surface area contributed by atoms with Gasteiger partial charge in [0.15, 0.2) is 11.6 Å². The fraction of sp³-hybridized carbons (Fsp3) is 0.0714. The molecule has 0 N–H and O–H groups in total. The quantitative estimate of drug-likeness (QED) is 0.462. The van der Waals surface area contributed by atoms with Gasteiger partial charge in [0.25, 0.3) is 5.69 Å². The summed E-state index contributed by atoms with van der Waals surface area (Å²) in [6.07, 6.45) is -4.89. The Morgan fingerprint density at radius 2 is 1.64 bits per heavy atom. The van der Waals surface area contributed by atoms with Gasteiger partial charge in [0, 0.05) is 0 Å². The first-order chi connectivity index (χ1) is 11.6. The van der Waals surface area contributed by atoms with Gasteiger partial charge in [-0.15, -0.1) is 13.2 Å². The van der Waals surface area contributed by atoms with Crippen LogP contribution in [0.2, 0.25) is 0 Å². The van der Waals surface area contributed by atoms with Gasteiger partial charge in [-0.2, -0.15) is 0 Å². The highest BCUT2D eigenvalue weighted by Gasteiger charge is 2.31. The van der Waals surface area contributed by atoms with E-state index in [1.165, 1.54) is 0 Å². The summed E-state index contributed by atoms with van der Waals surface area (Å²) >= 11 is 0. The number of nitro groups is 1. The number of rotatable bonds is 5. The highest BCUT2D eigenvalue weighted by atomic mass is 19.4. The molecule has 0 unspecified atom stereocenters. The molecule has 0 saturated heterocycles. The second-order valence-electron chi connectivity index (χ2n) is 4.47. The first-order valence-electron chi connectivity index (χ1n) is 6.30. The van der Waals surface area contributed by atoms with E-state index in [1.807, 2.05) is 0 Å². The lowest BCUT2D eigenvalue weighted by Crippen LogP contribution is -2.23. The Balaban J connectivity index is 2.29. The number of ether oxygens (including phenoxy) is 2. The van der Waals surface area contributed by atoms with E-state index in [9.17, 15) is 37.6 Å². The van der Waals surface area contributed by atoms with Crippen LogP contribution in [-0.4, -0.2) is 17.3 Å². The number of hydrogen-bond acceptors (Lipinski definition) is 6. The van der Waals surface area contributed by atoms with E-state index in [2.05, 4.69) is 4.74 Å². The molecule has 0 aromatic heterocycles. The van der Waals surface area contributed by atoms with Crippen LogP contribution in [0, 0.1) is 15.9 Å². The Morgan fingerprint density at radius 1 is 1.08 bits per heavy atom. The molecule has 0 aliphatic rings. The van der Waals surface area contributed by atoms with Crippen LogP contribution in [-0.2, 0) is 0 Å². The molecule has 0 saturated carbocycles. The molecule has 0 aliphatic heterocycles. The van der Waals surface area contributed by atoms with Gasteiger partial charge >= 0.3 is 6.36 Å². The number of nitro benzene ring substituents is 1. The van der Waals surface area contributed by atoms with E-state index in [1.54, 1.807) is 0 Å². The lowest BCUT2D eigenvalue weighted by molar-refractivity contribution is -0.386. The van der Waals surface area contributed by atoms with Crippen molar-refractivity contribution >= 4 is 11.7 Å². The predicted octanol–water partition coefficient (Wildman–Crippen LogP) is 2.79. The van der Waals surface area contributed by atoms with Crippen LogP contribution in [0.5, 0.6) is 17.2 Å². The zero-order chi connectivity index (χ0) is 18.8. The molecule has 0 amide bonds. The molecule has 0 aliphatic carbocycles. The number of carbonyl (C=O) groups excluding carboxylic acids is 1. The third-order valence-corrected chi connectivity index (χ3v) is 2.75. The summed E-state index contributed by atoms with van der Waals surface area (Å²) in [6, 6.07) is 4.64. The summed E-state index contributed by atoms with van der Waals surface area (Å²) < 4.78 is 58.6. The number of alkyl halides is 3. The summed E-state index contributed by atoms with van der Waals surface area (Å²) in [4.78, 5) is 20.5. The van der Waals surface area contributed by atoms with E-state index in [-0.39, 0.29) is 5.75 Å². The fourth-order valence-electron chi connectivity index (χ4n) is 1.77. The molecule has 0 heterocycles. The van der Waals surface area contributed by atoms with Gasteiger partial charge in [0.05, 0.1) is 22.5 Å². The molecule has 132 valence electrons. The number of halogens is 4. The predicted molar refractivity (Wildman–Crippen MR) is 70.6 cm³/mol. The molecule has 0 spiro atoms. The van der Waals surface area contributed by atoms with Crippen molar-refractivity contribution in [3.63, 3.8) is 0 Å². The molecule has 11 heteroatoms. The van der Waals surface area contributed by atoms with Crippen LogP contribution in [0.1, 0.15) is 10.4 Å². The topological polar surface area (TPSA) is 102 Å². The molecular weight excluding hydrogens is 354 g/mol. The zero-order valence-corrected chi connectivity index (χ0v) is 11.9. The number of carboxylic acids is 1. The summed E-state index contributed by atoms with van der Waals surface area (Å²) in [6.45, 7) is 0. The van der Waals surface area contributed by atoms with Crippen LogP contribution < -0.4 is 14.6 Å². The highest BCUT2D eigenvalue weighted by Crippen LogP contribution is 2.32. The standard InChI is InChI=1S/C14H7F4NO6/c15-10-6-11(19(22)23)9(13(20)21)5-12(10)24-7-1-3-8(4-2-7)25-14(16,17)18/h1-6H,(H,20,21)/p-1. The number of hydrogen-bond donors (Lipinski definition) is 0. The Labute approximate surface area is 136 Å². The van der Waals surface area contributed by atoms with Gasteiger partial charge in [-0.1, -0.05) is 0 Å². The van der Waals surface area contributed by atoms with Crippen LogP contribution in [0.15, 0.2) is 36.4 Å². The third kappa shape index (κ3) is 4.56. The van der Waals surface area contributed by atoms with Gasteiger partial charge in [-0.3, -0.25) is 10.1 Å². The second kappa shape index (κ2) is 6.63. The lowest BCUT2D eigenvalue weighted by atomic mass is 10.1. The van der Waals surface area contributed by atoms with Gasteiger partial charge in [0.1, 0.15) is 11.5 Å². The SMILES string of the molecule is O=C([O-])c1cc(Oc2ccc(OC(F)(F)F)cc2)c(F)cc1[N+](=O)[O-]. The number of carboxylic acid groups (broad SMARTS) is 1. The van der Waals surface area contributed by atoms with Gasteiger partial charge in [0.2, 0.25) is 0 Å². The molecule has 0 atom stereocenters. The summed E-state index contributed by atoms with van der Waals surface area (Å²) in [5.41, 5.74) is -1.95. The minimum absolute atomic E-state index is 0.161. The summed E-state index contributed by atoms with van der Waals surface area (Å²) in [5.74, 6) is -4.57. The van der Waals surface area contributed by atoms with Crippen LogP contribution >= 0.6 is 0 Å². The number of benzene rings is 2. The average Bonchev–Trinajstić information content (AvgIpc) is 2.49. The van der Waals surface area contributed by atoms with Crippen molar-refractivity contribution in [1.29, 1.82) is 0 Å². The Hall–Kier alpha value is -3.37. The Morgan fingerprint density at radius 3 is 2.12 bits per heavy atom. The maximum absolute atomic E-state index is 13.8. The number of carbonyl (C=O) groups is 1. The minimum Gasteiger partial charge on any atom is -0.545 e. The maximum Gasteiger partial charge on any atom is 0.573 e. The zero-order valence-electron chi connectivity index (χ0n) is 11.9. The average molecular weight is 360 g/mol. The molecule has 2 aromatic carbocycles. The summed E-state index contributed by atoms with van der Waals surface area (Å²) in [5, 5.41) is 21.6. The van der Waals surface area contributed by atoms with E-state index >= 15 is 0 Å². The molecular formula is C14H6F4NO6-. The first-order valence-corrected chi connectivity index (χ1v) is 6.30. The monoisotopic (exact) mass is 360 g/mol. The van der Waals surface area contributed by atoms with E-state index in [0.29, 0.717) is 12.1 Å². The van der Waals surface area contributed by atoms with Crippen molar-refractivity contribution in [3.05, 3.63) is 57.9 Å². The van der Waals surface area contributed by atoms with Gasteiger partial charge < -0.3 is 19.4 Å². The molecule has 0 fully saturated rings. The van der Waals surface area contributed by atoms with Gasteiger partial charge in [-0.05, 0) is 30.3 Å². The molecule has 2 rings (SSSR count). The minimum atomic E-state index is -4.89. The van der Waals surface area contributed by atoms with Gasteiger partial charge in [-0.25, -0.2) is 4.39 Å². The van der Waals surface area contributed by atoms with Crippen LogP contribution in [0.3, 0.4) is 0 Å². The van der Waals surface area contributed by atoms with Crippen molar-refractivity contribution in [3.8, 4) is 17.2 Å². The van der Waals surface area contributed by atoms with Crippen LogP contribution in [0.25, 0.3) is 0 Å². The second-order valence-corrected chi connectivity index (χ2v) is 4.47. The van der Waals surface area contributed by atoms with Crippen molar-refractivity contribution in [2.45, 2.75) is 6.36 Å². The van der Waals surface area contributed by atoms with Crippen molar-refractivity contribution < 1.29 is 41.9 Å². The first kappa shape index (κ1) is 18.0. The fourth-order valence-corrected chi connectivity index (χ4v) is 1.77. The highest BCUT2D eigenvalue weighted by molar-refractivity contribution is 5.91. The lowest BCUT2D eigenvalue weighted by Gasteiger charge is -2.11.